The highest BCUT2D eigenvalue weighted by Crippen LogP contribution is 2.27. The number of benzene rings is 1. The number of hydrogen-bond acceptors (Lipinski definition) is 4. The summed E-state index contributed by atoms with van der Waals surface area (Å²) in [6.45, 7) is 1.60. The average molecular weight is 332 g/mol. The van der Waals surface area contributed by atoms with Gasteiger partial charge in [-0.1, -0.05) is 11.2 Å². The molecule has 3 amide bonds. The normalized spacial score (nSPS) is 13.4. The molecule has 2 aromatic rings. The number of anilines is 2. The highest BCUT2D eigenvalue weighted by molar-refractivity contribution is 5.96. The number of aryl methyl sites for hydroxylation is 1. The summed E-state index contributed by atoms with van der Waals surface area (Å²) in [7, 11) is 0. The van der Waals surface area contributed by atoms with E-state index in [0.29, 0.717) is 17.3 Å². The lowest BCUT2D eigenvalue weighted by molar-refractivity contribution is -0.116. The predicted molar refractivity (Wildman–Crippen MR) is 85.0 cm³/mol. The predicted octanol–water partition coefficient (Wildman–Crippen LogP) is 2.76. The molecule has 7 nitrogen and oxygen atoms in total. The van der Waals surface area contributed by atoms with Crippen LogP contribution < -0.4 is 10.6 Å². The molecule has 126 valence electrons. The molecule has 1 aromatic carbocycles. The van der Waals surface area contributed by atoms with E-state index in [1.165, 1.54) is 23.1 Å². The van der Waals surface area contributed by atoms with Gasteiger partial charge >= 0.3 is 6.03 Å². The van der Waals surface area contributed by atoms with Gasteiger partial charge in [-0.3, -0.25) is 4.79 Å². The molecule has 3 rings (SSSR count). The number of halogens is 1. The largest absolute Gasteiger partial charge is 0.360 e. The maximum Gasteiger partial charge on any atom is 0.322 e. The molecule has 8 heteroatoms. The molecule has 0 aliphatic heterocycles. The van der Waals surface area contributed by atoms with Crippen molar-refractivity contribution in [2.75, 3.05) is 17.2 Å². The standard InChI is InChI=1S/C16H17FN4O3/c1-10-7-14(20-24-10)19-15(22)9-21(13-5-6-13)16(23)18-12-4-2-3-11(17)8-12/h2-4,7-8,13H,5-6,9H2,1H3,(H,18,23)(H,19,20,22). The summed E-state index contributed by atoms with van der Waals surface area (Å²) in [6, 6.07) is 6.78. The van der Waals surface area contributed by atoms with Crippen LogP contribution in [0.25, 0.3) is 0 Å². The second-order valence-electron chi connectivity index (χ2n) is 5.67. The molecule has 0 saturated heterocycles. The van der Waals surface area contributed by atoms with Crippen molar-refractivity contribution in [1.29, 1.82) is 0 Å². The molecule has 0 atom stereocenters. The molecule has 0 unspecified atom stereocenters. The Morgan fingerprint density at radius 3 is 2.75 bits per heavy atom. The van der Waals surface area contributed by atoms with Crippen molar-refractivity contribution < 1.29 is 18.5 Å². The van der Waals surface area contributed by atoms with Gasteiger partial charge in [0.15, 0.2) is 5.82 Å². The molecule has 0 spiro atoms. The van der Waals surface area contributed by atoms with Gasteiger partial charge in [0.25, 0.3) is 0 Å². The zero-order valence-corrected chi connectivity index (χ0v) is 13.1. The monoisotopic (exact) mass is 332 g/mol. The van der Waals surface area contributed by atoms with Crippen molar-refractivity contribution in [3.63, 3.8) is 0 Å². The number of nitrogens with zero attached hydrogens (tertiary/aromatic N) is 2. The number of amides is 3. The van der Waals surface area contributed by atoms with Crippen LogP contribution >= 0.6 is 0 Å². The fourth-order valence-corrected chi connectivity index (χ4v) is 2.28. The van der Waals surface area contributed by atoms with Crippen LogP contribution in [0, 0.1) is 12.7 Å². The van der Waals surface area contributed by atoms with E-state index >= 15 is 0 Å². The van der Waals surface area contributed by atoms with Gasteiger partial charge in [0.2, 0.25) is 5.91 Å². The Bertz CT molecular complexity index is 757. The van der Waals surface area contributed by atoms with Gasteiger partial charge in [-0.05, 0) is 38.0 Å². The minimum atomic E-state index is -0.440. The first kappa shape index (κ1) is 16.0. The van der Waals surface area contributed by atoms with Crippen LogP contribution in [-0.4, -0.2) is 34.6 Å². The maximum absolute atomic E-state index is 13.2. The molecule has 0 radical (unpaired) electrons. The van der Waals surface area contributed by atoms with Crippen molar-refractivity contribution in [2.24, 2.45) is 0 Å². The van der Waals surface area contributed by atoms with Crippen molar-refractivity contribution in [2.45, 2.75) is 25.8 Å². The quantitative estimate of drug-likeness (QED) is 0.881. The summed E-state index contributed by atoms with van der Waals surface area (Å²) in [4.78, 5) is 25.9. The summed E-state index contributed by atoms with van der Waals surface area (Å²) in [5, 5.41) is 8.87. The number of hydrogen-bond donors (Lipinski definition) is 2. The van der Waals surface area contributed by atoms with Crippen LogP contribution in [0.4, 0.5) is 20.7 Å². The van der Waals surface area contributed by atoms with Gasteiger partial charge < -0.3 is 20.1 Å². The fraction of sp³-hybridized carbons (Fsp3) is 0.312. The van der Waals surface area contributed by atoms with Crippen molar-refractivity contribution in [1.82, 2.24) is 10.1 Å². The third-order valence-electron chi connectivity index (χ3n) is 3.53. The molecule has 0 bridgehead atoms. The molecule has 1 aromatic heterocycles. The number of carbonyl (C=O) groups excluding carboxylic acids is 2. The molecule has 1 fully saturated rings. The van der Waals surface area contributed by atoms with E-state index in [-0.39, 0.29) is 18.5 Å². The van der Waals surface area contributed by atoms with Crippen LogP contribution in [0.1, 0.15) is 18.6 Å². The summed E-state index contributed by atoms with van der Waals surface area (Å²) >= 11 is 0. The van der Waals surface area contributed by atoms with Crippen molar-refractivity contribution in [3.05, 3.63) is 41.9 Å². The number of carbonyl (C=O) groups is 2. The molecular formula is C16H17FN4O3. The molecule has 1 aliphatic carbocycles. The third-order valence-corrected chi connectivity index (χ3v) is 3.53. The summed E-state index contributed by atoms with van der Waals surface area (Å²) in [6.07, 6.45) is 1.68. The van der Waals surface area contributed by atoms with Gasteiger partial charge in [0, 0.05) is 17.8 Å². The van der Waals surface area contributed by atoms with Gasteiger partial charge in [0.1, 0.15) is 18.1 Å². The minimum absolute atomic E-state index is 0.0170. The summed E-state index contributed by atoms with van der Waals surface area (Å²) in [5.41, 5.74) is 0.346. The number of rotatable bonds is 5. The number of nitrogens with one attached hydrogen (secondary N) is 2. The van der Waals surface area contributed by atoms with E-state index < -0.39 is 11.8 Å². The molecule has 1 aliphatic rings. The lowest BCUT2D eigenvalue weighted by atomic mass is 10.3. The highest BCUT2D eigenvalue weighted by Gasteiger charge is 2.34. The average Bonchev–Trinajstić information content (AvgIpc) is 3.28. The summed E-state index contributed by atoms with van der Waals surface area (Å²) < 4.78 is 18.1. The molecule has 1 saturated carbocycles. The highest BCUT2D eigenvalue weighted by atomic mass is 19.1. The smallest absolute Gasteiger partial charge is 0.322 e. The molecule has 24 heavy (non-hydrogen) atoms. The zero-order chi connectivity index (χ0) is 17.1. The second-order valence-corrected chi connectivity index (χ2v) is 5.67. The minimum Gasteiger partial charge on any atom is -0.360 e. The number of urea groups is 1. The SMILES string of the molecule is Cc1cc(NC(=O)CN(C(=O)Nc2cccc(F)c2)C2CC2)no1. The van der Waals surface area contributed by atoms with Gasteiger partial charge in [-0.15, -0.1) is 0 Å². The topological polar surface area (TPSA) is 87.5 Å². The van der Waals surface area contributed by atoms with Crippen LogP contribution in [0.15, 0.2) is 34.9 Å². The number of aromatic nitrogens is 1. The zero-order valence-electron chi connectivity index (χ0n) is 13.1. The van der Waals surface area contributed by atoms with Crippen LogP contribution in [0.2, 0.25) is 0 Å². The first-order valence-corrected chi connectivity index (χ1v) is 7.57. The second kappa shape index (κ2) is 6.69. The lowest BCUT2D eigenvalue weighted by Crippen LogP contribution is -2.42. The Hall–Kier alpha value is -2.90. The van der Waals surface area contributed by atoms with Crippen LogP contribution in [0.5, 0.6) is 0 Å². The van der Waals surface area contributed by atoms with Crippen LogP contribution in [-0.2, 0) is 4.79 Å². The molecule has 2 N–H and O–H groups in total. The van der Waals surface area contributed by atoms with E-state index in [9.17, 15) is 14.0 Å². The molecule has 1 heterocycles. The van der Waals surface area contributed by atoms with E-state index in [0.717, 1.165) is 12.8 Å². The van der Waals surface area contributed by atoms with Gasteiger partial charge in [-0.25, -0.2) is 9.18 Å². The first-order chi connectivity index (χ1) is 11.5. The Balaban J connectivity index is 1.61. The van der Waals surface area contributed by atoms with E-state index in [1.54, 1.807) is 19.1 Å². The van der Waals surface area contributed by atoms with Gasteiger partial charge in [0.05, 0.1) is 0 Å². The van der Waals surface area contributed by atoms with Crippen LogP contribution in [0.3, 0.4) is 0 Å². The third kappa shape index (κ3) is 4.09. The Labute approximate surface area is 137 Å². The van der Waals surface area contributed by atoms with Crippen molar-refractivity contribution >= 4 is 23.4 Å². The Morgan fingerprint density at radius 2 is 2.12 bits per heavy atom. The Morgan fingerprint density at radius 1 is 1.33 bits per heavy atom. The van der Waals surface area contributed by atoms with E-state index in [4.69, 9.17) is 4.52 Å². The lowest BCUT2D eigenvalue weighted by Gasteiger charge is -2.22. The van der Waals surface area contributed by atoms with Gasteiger partial charge in [-0.2, -0.15) is 0 Å². The maximum atomic E-state index is 13.2. The molecular weight excluding hydrogens is 315 g/mol. The Kier molecular flexibility index (Phi) is 4.45. The first-order valence-electron chi connectivity index (χ1n) is 7.57. The fourth-order valence-electron chi connectivity index (χ4n) is 2.28. The van der Waals surface area contributed by atoms with E-state index in [2.05, 4.69) is 15.8 Å². The summed E-state index contributed by atoms with van der Waals surface area (Å²) in [5.74, 6) is 0.0708. The van der Waals surface area contributed by atoms with E-state index in [1.807, 2.05) is 0 Å². The van der Waals surface area contributed by atoms with Crippen molar-refractivity contribution in [3.8, 4) is 0 Å².